The van der Waals surface area contributed by atoms with Gasteiger partial charge in [-0.2, -0.15) is 4.80 Å². The normalized spacial score (nSPS) is 9.67. The Morgan fingerprint density at radius 1 is 1.52 bits per heavy atom. The van der Waals surface area contributed by atoms with Crippen LogP contribution in [-0.2, 0) is 7.05 Å². The van der Waals surface area contributed by atoms with E-state index in [0.717, 1.165) is 0 Å². The first kappa shape index (κ1) is 14.5. The van der Waals surface area contributed by atoms with E-state index in [9.17, 15) is 4.79 Å². The maximum atomic E-state index is 12.1. The zero-order valence-corrected chi connectivity index (χ0v) is 11.5. The summed E-state index contributed by atoms with van der Waals surface area (Å²) in [6.45, 7) is -0.275. The minimum atomic E-state index is -0.391. The molecule has 2 aromatic rings. The van der Waals surface area contributed by atoms with Crippen molar-refractivity contribution in [1.29, 1.82) is 0 Å². The van der Waals surface area contributed by atoms with E-state index >= 15 is 0 Å². The minimum absolute atomic E-state index is 0.112. The predicted octanol–water partition coefficient (Wildman–Crippen LogP) is -0.185. The summed E-state index contributed by atoms with van der Waals surface area (Å²) in [6.07, 6.45) is 0. The van der Waals surface area contributed by atoms with Crippen molar-refractivity contribution < 1.29 is 14.6 Å². The van der Waals surface area contributed by atoms with Crippen LogP contribution in [0.1, 0.15) is 15.9 Å². The summed E-state index contributed by atoms with van der Waals surface area (Å²) in [4.78, 5) is 13.3. The van der Waals surface area contributed by atoms with Crippen LogP contribution in [0.4, 0.5) is 5.95 Å². The number of aryl methyl sites for hydroxylation is 1. The molecule has 1 heterocycles. The van der Waals surface area contributed by atoms with Gasteiger partial charge in [0.05, 0.1) is 19.7 Å². The number of amides is 1. The summed E-state index contributed by atoms with van der Waals surface area (Å²) in [5.74, 6) is 5.48. The number of methoxy groups -OCH3 is 1. The molecule has 0 unspecified atom stereocenters. The van der Waals surface area contributed by atoms with Gasteiger partial charge in [0.25, 0.3) is 11.9 Å². The third-order valence-electron chi connectivity index (χ3n) is 2.50. The Bertz CT molecular complexity index is 714. The fraction of sp³-hybridized carbons (Fsp3) is 0.231. The van der Waals surface area contributed by atoms with Crippen LogP contribution in [0.3, 0.4) is 0 Å². The minimum Gasteiger partial charge on any atom is -0.495 e. The second-order valence-electron chi connectivity index (χ2n) is 3.93. The topological polar surface area (TPSA) is 102 Å². The average Bonchev–Trinajstić information content (AvgIpc) is 2.89. The first-order valence-electron chi connectivity index (χ1n) is 5.97. The fourth-order valence-electron chi connectivity index (χ4n) is 1.59. The van der Waals surface area contributed by atoms with E-state index in [1.165, 1.54) is 11.9 Å². The van der Waals surface area contributed by atoms with Gasteiger partial charge in [0.2, 0.25) is 0 Å². The van der Waals surface area contributed by atoms with Crippen LogP contribution >= 0.6 is 0 Å². The van der Waals surface area contributed by atoms with Crippen LogP contribution in [0.25, 0.3) is 0 Å². The monoisotopic (exact) mass is 287 g/mol. The third-order valence-corrected chi connectivity index (χ3v) is 2.50. The highest BCUT2D eigenvalue weighted by Gasteiger charge is 2.11. The van der Waals surface area contributed by atoms with Crippen LogP contribution in [0.5, 0.6) is 5.75 Å². The number of carbonyl (C=O) groups excluding carboxylic acids is 1. The molecule has 0 aliphatic carbocycles. The largest absolute Gasteiger partial charge is 0.495 e. The molecule has 1 amide bonds. The summed E-state index contributed by atoms with van der Waals surface area (Å²) in [5, 5.41) is 22.4. The van der Waals surface area contributed by atoms with Crippen molar-refractivity contribution in [3.8, 4) is 17.6 Å². The number of nitrogens with zero attached hydrogens (tertiary/aromatic N) is 4. The van der Waals surface area contributed by atoms with Crippen molar-refractivity contribution in [1.82, 2.24) is 20.2 Å². The van der Waals surface area contributed by atoms with Gasteiger partial charge in [-0.15, -0.1) is 5.10 Å². The Morgan fingerprint density at radius 3 is 2.95 bits per heavy atom. The standard InChI is InChI=1S/C13H13N5O3/c1-18-16-13(15-17-18)14-12(20)10-5-6-11(21-2)9(8-10)4-3-7-19/h5-6,8,19H,7H2,1-2H3,(H,14,16,20). The molecule has 0 aliphatic rings. The third kappa shape index (κ3) is 3.55. The van der Waals surface area contributed by atoms with Crippen molar-refractivity contribution in [3.63, 3.8) is 0 Å². The lowest BCUT2D eigenvalue weighted by Gasteiger charge is -2.06. The van der Waals surface area contributed by atoms with Gasteiger partial charge in [-0.05, 0) is 23.4 Å². The molecule has 1 aromatic carbocycles. The van der Waals surface area contributed by atoms with Crippen molar-refractivity contribution in [2.45, 2.75) is 0 Å². The average molecular weight is 287 g/mol. The Labute approximate surface area is 120 Å². The van der Waals surface area contributed by atoms with E-state index in [0.29, 0.717) is 16.9 Å². The van der Waals surface area contributed by atoms with Gasteiger partial charge >= 0.3 is 0 Å². The first-order chi connectivity index (χ1) is 10.1. The number of nitrogens with one attached hydrogen (secondary N) is 1. The van der Waals surface area contributed by atoms with Crippen LogP contribution in [0.2, 0.25) is 0 Å². The highest BCUT2D eigenvalue weighted by atomic mass is 16.5. The van der Waals surface area contributed by atoms with E-state index in [4.69, 9.17) is 9.84 Å². The van der Waals surface area contributed by atoms with Gasteiger partial charge in [-0.25, -0.2) is 0 Å². The molecule has 8 nitrogen and oxygen atoms in total. The van der Waals surface area contributed by atoms with Gasteiger partial charge in [0, 0.05) is 5.56 Å². The van der Waals surface area contributed by atoms with E-state index in [1.54, 1.807) is 25.2 Å². The number of aliphatic hydroxyl groups excluding tert-OH is 1. The van der Waals surface area contributed by atoms with Gasteiger partial charge in [-0.1, -0.05) is 16.9 Å². The fourth-order valence-corrected chi connectivity index (χ4v) is 1.59. The molecule has 21 heavy (non-hydrogen) atoms. The number of ether oxygens (including phenoxy) is 1. The van der Waals surface area contributed by atoms with Gasteiger partial charge in [0.1, 0.15) is 12.4 Å². The summed E-state index contributed by atoms with van der Waals surface area (Å²) in [5.41, 5.74) is 0.872. The lowest BCUT2D eigenvalue weighted by Crippen LogP contribution is -2.13. The summed E-state index contributed by atoms with van der Waals surface area (Å²) >= 11 is 0. The quantitative estimate of drug-likeness (QED) is 0.759. The molecular weight excluding hydrogens is 274 g/mol. The number of anilines is 1. The van der Waals surface area contributed by atoms with Crippen LogP contribution in [0, 0.1) is 11.8 Å². The number of benzene rings is 1. The first-order valence-corrected chi connectivity index (χ1v) is 5.97. The summed E-state index contributed by atoms with van der Waals surface area (Å²) < 4.78 is 5.14. The number of rotatable bonds is 3. The Kier molecular flexibility index (Phi) is 4.48. The second-order valence-corrected chi connectivity index (χ2v) is 3.93. The Hall–Kier alpha value is -2.92. The zero-order valence-electron chi connectivity index (χ0n) is 11.5. The number of carbonyl (C=O) groups is 1. The molecular formula is C13H13N5O3. The molecule has 0 saturated heterocycles. The molecule has 2 rings (SSSR count). The van der Waals surface area contributed by atoms with Gasteiger partial charge in [-0.3, -0.25) is 10.1 Å². The summed E-state index contributed by atoms with van der Waals surface area (Å²) in [7, 11) is 3.10. The summed E-state index contributed by atoms with van der Waals surface area (Å²) in [6, 6.07) is 4.78. The molecule has 108 valence electrons. The Balaban J connectivity index is 2.24. The SMILES string of the molecule is COc1ccc(C(=O)Nc2nnn(C)n2)cc1C#CCO. The Morgan fingerprint density at radius 2 is 2.33 bits per heavy atom. The lowest BCUT2D eigenvalue weighted by atomic mass is 10.1. The predicted molar refractivity (Wildman–Crippen MR) is 73.7 cm³/mol. The molecule has 8 heteroatoms. The van der Waals surface area contributed by atoms with Crippen molar-refractivity contribution >= 4 is 11.9 Å². The van der Waals surface area contributed by atoms with Gasteiger partial charge < -0.3 is 9.84 Å². The van der Waals surface area contributed by atoms with E-state index in [-0.39, 0.29) is 12.6 Å². The van der Waals surface area contributed by atoms with Crippen molar-refractivity contribution in [2.75, 3.05) is 19.0 Å². The van der Waals surface area contributed by atoms with Crippen LogP contribution in [0.15, 0.2) is 18.2 Å². The number of hydrogen-bond donors (Lipinski definition) is 2. The van der Waals surface area contributed by atoms with E-state index < -0.39 is 5.91 Å². The van der Waals surface area contributed by atoms with Crippen LogP contribution < -0.4 is 10.1 Å². The maximum Gasteiger partial charge on any atom is 0.270 e. The molecule has 0 fully saturated rings. The molecule has 0 radical (unpaired) electrons. The van der Waals surface area contributed by atoms with E-state index in [2.05, 4.69) is 32.6 Å². The molecule has 0 bridgehead atoms. The van der Waals surface area contributed by atoms with Gasteiger partial charge in [0.15, 0.2) is 0 Å². The van der Waals surface area contributed by atoms with E-state index in [1.807, 2.05) is 0 Å². The molecule has 1 aromatic heterocycles. The number of aliphatic hydroxyl groups is 1. The second kappa shape index (κ2) is 6.49. The highest BCUT2D eigenvalue weighted by Crippen LogP contribution is 2.19. The molecule has 2 N–H and O–H groups in total. The van der Waals surface area contributed by atoms with Crippen LogP contribution in [-0.4, -0.2) is 44.9 Å². The van der Waals surface area contributed by atoms with Crippen molar-refractivity contribution in [2.24, 2.45) is 7.05 Å². The lowest BCUT2D eigenvalue weighted by molar-refractivity contribution is 0.102. The molecule has 0 atom stereocenters. The van der Waals surface area contributed by atoms with Crippen molar-refractivity contribution in [3.05, 3.63) is 29.3 Å². The number of hydrogen-bond acceptors (Lipinski definition) is 6. The molecule has 0 spiro atoms. The highest BCUT2D eigenvalue weighted by molar-refractivity contribution is 6.03. The smallest absolute Gasteiger partial charge is 0.270 e. The maximum absolute atomic E-state index is 12.1. The number of aromatic nitrogens is 4. The molecule has 0 saturated carbocycles. The zero-order chi connectivity index (χ0) is 15.2. The molecule has 0 aliphatic heterocycles. The number of tetrazole rings is 1.